The van der Waals surface area contributed by atoms with Gasteiger partial charge >= 0.3 is 6.61 Å². The highest BCUT2D eigenvalue weighted by atomic mass is 32.2. The number of rotatable bonds is 3. The van der Waals surface area contributed by atoms with E-state index >= 15 is 0 Å². The normalized spacial score (nSPS) is 17.3. The van der Waals surface area contributed by atoms with Crippen molar-refractivity contribution in [1.82, 2.24) is 9.78 Å². The first kappa shape index (κ1) is 15.8. The van der Waals surface area contributed by atoms with Crippen molar-refractivity contribution in [1.29, 1.82) is 0 Å². The number of hydrogen-bond donors (Lipinski definition) is 0. The van der Waals surface area contributed by atoms with Crippen LogP contribution in [0.15, 0.2) is 35.2 Å². The van der Waals surface area contributed by atoms with Crippen LogP contribution < -0.4 is 9.64 Å². The molecule has 1 aliphatic heterocycles. The Hall–Kier alpha value is -2.09. The van der Waals surface area contributed by atoms with Crippen LogP contribution in [-0.2, 0) is 7.05 Å². The van der Waals surface area contributed by atoms with Crippen molar-refractivity contribution in [3.05, 3.63) is 36.0 Å². The summed E-state index contributed by atoms with van der Waals surface area (Å²) >= 11 is 1.70. The molecule has 0 spiro atoms. The maximum atomic E-state index is 12.8. The van der Waals surface area contributed by atoms with Crippen molar-refractivity contribution in [2.45, 2.75) is 23.7 Å². The Morgan fingerprint density at radius 1 is 1.43 bits per heavy atom. The number of aryl methyl sites for hydroxylation is 1. The van der Waals surface area contributed by atoms with E-state index in [9.17, 15) is 13.6 Å². The predicted octanol–water partition coefficient (Wildman–Crippen LogP) is 3.16. The van der Waals surface area contributed by atoms with Crippen LogP contribution in [0.4, 0.5) is 14.5 Å². The number of nitrogens with zero attached hydrogens (tertiary/aromatic N) is 3. The van der Waals surface area contributed by atoms with Crippen LogP contribution in [0.25, 0.3) is 0 Å². The van der Waals surface area contributed by atoms with E-state index in [1.807, 2.05) is 31.2 Å². The van der Waals surface area contributed by atoms with Crippen LogP contribution in [0.2, 0.25) is 0 Å². The highest BCUT2D eigenvalue weighted by Gasteiger charge is 2.29. The zero-order valence-corrected chi connectivity index (χ0v) is 13.4. The van der Waals surface area contributed by atoms with Crippen molar-refractivity contribution in [3.63, 3.8) is 0 Å². The van der Waals surface area contributed by atoms with Gasteiger partial charge in [0, 0.05) is 29.8 Å². The minimum absolute atomic E-state index is 0.0806. The lowest BCUT2D eigenvalue weighted by molar-refractivity contribution is -0.0553. The van der Waals surface area contributed by atoms with Gasteiger partial charge in [-0.05, 0) is 12.1 Å². The van der Waals surface area contributed by atoms with Crippen molar-refractivity contribution >= 4 is 23.4 Å². The first-order valence-electron chi connectivity index (χ1n) is 7.02. The zero-order chi connectivity index (χ0) is 16.6. The summed E-state index contributed by atoms with van der Waals surface area (Å²) in [5.74, 6) is -0.472. The van der Waals surface area contributed by atoms with E-state index in [0.29, 0.717) is 6.54 Å². The molecule has 0 radical (unpaired) electrons. The van der Waals surface area contributed by atoms with Gasteiger partial charge in [-0.15, -0.1) is 11.8 Å². The molecule has 0 N–H and O–H groups in total. The summed E-state index contributed by atoms with van der Waals surface area (Å²) in [6.07, 6.45) is 0. The van der Waals surface area contributed by atoms with Gasteiger partial charge in [0.25, 0.3) is 5.91 Å². The molecule has 0 saturated carbocycles. The first-order valence-corrected chi connectivity index (χ1v) is 7.90. The fourth-order valence-electron chi connectivity index (χ4n) is 2.48. The molecular weight excluding hydrogens is 324 g/mol. The zero-order valence-electron chi connectivity index (χ0n) is 12.6. The van der Waals surface area contributed by atoms with E-state index in [-0.39, 0.29) is 22.7 Å². The number of para-hydroxylation sites is 1. The molecular formula is C15H15F2N3O2S. The minimum atomic E-state index is -2.96. The van der Waals surface area contributed by atoms with E-state index in [2.05, 4.69) is 9.84 Å². The van der Waals surface area contributed by atoms with Crippen molar-refractivity contribution < 1.29 is 18.3 Å². The summed E-state index contributed by atoms with van der Waals surface area (Å²) in [4.78, 5) is 15.4. The maximum absolute atomic E-state index is 12.8. The number of halogens is 2. The van der Waals surface area contributed by atoms with Crippen molar-refractivity contribution in [2.75, 3.05) is 11.4 Å². The molecule has 3 rings (SSSR count). The second kappa shape index (κ2) is 6.19. The monoisotopic (exact) mass is 339 g/mol. The predicted molar refractivity (Wildman–Crippen MR) is 83.3 cm³/mol. The Balaban J connectivity index is 1.92. The molecule has 0 saturated heterocycles. The highest BCUT2D eigenvalue weighted by molar-refractivity contribution is 8.00. The van der Waals surface area contributed by atoms with E-state index in [1.165, 1.54) is 13.1 Å². The quantitative estimate of drug-likeness (QED) is 0.862. The van der Waals surface area contributed by atoms with Gasteiger partial charge in [0.15, 0.2) is 5.69 Å². The molecule has 1 amide bonds. The minimum Gasteiger partial charge on any atom is -0.417 e. The summed E-state index contributed by atoms with van der Waals surface area (Å²) in [7, 11) is 1.46. The molecule has 5 nitrogen and oxygen atoms in total. The SMILES string of the molecule is CC1CN(C(=O)c2cc(OC(F)F)n(C)n2)c2ccccc2S1. The lowest BCUT2D eigenvalue weighted by Crippen LogP contribution is -2.38. The van der Waals surface area contributed by atoms with E-state index in [0.717, 1.165) is 15.3 Å². The Morgan fingerprint density at radius 3 is 2.91 bits per heavy atom. The molecule has 2 aromatic rings. The second-order valence-corrected chi connectivity index (χ2v) is 6.66. The second-order valence-electron chi connectivity index (χ2n) is 5.18. The third kappa shape index (κ3) is 3.17. The van der Waals surface area contributed by atoms with Crippen LogP contribution >= 0.6 is 11.8 Å². The number of anilines is 1. The third-order valence-electron chi connectivity index (χ3n) is 3.43. The molecule has 1 unspecified atom stereocenters. The Labute approximate surface area is 136 Å². The molecule has 2 heterocycles. The van der Waals surface area contributed by atoms with Crippen LogP contribution in [0.3, 0.4) is 0 Å². The summed E-state index contributed by atoms with van der Waals surface area (Å²) in [6.45, 7) is -0.396. The molecule has 1 aliphatic rings. The summed E-state index contributed by atoms with van der Waals surface area (Å²) < 4.78 is 30.2. The van der Waals surface area contributed by atoms with Crippen LogP contribution in [0.5, 0.6) is 5.88 Å². The van der Waals surface area contributed by atoms with Crippen molar-refractivity contribution in [3.8, 4) is 5.88 Å². The fourth-order valence-corrected chi connectivity index (χ4v) is 3.59. The van der Waals surface area contributed by atoms with Gasteiger partial charge in [-0.2, -0.15) is 13.9 Å². The number of thioether (sulfide) groups is 1. The van der Waals surface area contributed by atoms with Gasteiger partial charge in [-0.3, -0.25) is 4.79 Å². The molecule has 8 heteroatoms. The average Bonchev–Trinajstić information content (AvgIpc) is 2.86. The number of ether oxygens (including phenoxy) is 1. The molecule has 23 heavy (non-hydrogen) atoms. The van der Waals surface area contributed by atoms with E-state index < -0.39 is 6.61 Å². The largest absolute Gasteiger partial charge is 0.417 e. The standard InChI is InChI=1S/C15H15F2N3O2S/c1-9-8-20(11-5-3-4-6-12(11)23-9)14(21)10-7-13(19(2)18-10)22-15(16)17/h3-7,9,15H,8H2,1-2H3. The number of benzene rings is 1. The third-order valence-corrected chi connectivity index (χ3v) is 4.59. The number of hydrogen-bond acceptors (Lipinski definition) is 4. The van der Waals surface area contributed by atoms with Gasteiger partial charge in [-0.25, -0.2) is 4.68 Å². The summed E-state index contributed by atoms with van der Waals surface area (Å²) in [6, 6.07) is 8.84. The van der Waals surface area contributed by atoms with Crippen LogP contribution in [0, 0.1) is 0 Å². The van der Waals surface area contributed by atoms with Gasteiger partial charge in [0.05, 0.1) is 5.69 Å². The molecule has 0 bridgehead atoms. The van der Waals surface area contributed by atoms with Crippen molar-refractivity contribution in [2.24, 2.45) is 7.05 Å². The molecule has 0 fully saturated rings. The topological polar surface area (TPSA) is 47.4 Å². The summed E-state index contributed by atoms with van der Waals surface area (Å²) in [5.41, 5.74) is 0.889. The number of carbonyl (C=O) groups excluding carboxylic acids is 1. The number of alkyl halides is 2. The van der Waals surface area contributed by atoms with Crippen LogP contribution in [-0.4, -0.2) is 34.1 Å². The Morgan fingerprint density at radius 2 is 2.17 bits per heavy atom. The van der Waals surface area contributed by atoms with Gasteiger partial charge in [-0.1, -0.05) is 19.1 Å². The average molecular weight is 339 g/mol. The molecule has 0 aliphatic carbocycles. The Kier molecular flexibility index (Phi) is 4.25. The van der Waals surface area contributed by atoms with E-state index in [1.54, 1.807) is 16.7 Å². The number of aromatic nitrogens is 2. The number of carbonyl (C=O) groups is 1. The smallest absolute Gasteiger partial charge is 0.388 e. The Bertz CT molecular complexity index is 735. The fraction of sp³-hybridized carbons (Fsp3) is 0.333. The lowest BCUT2D eigenvalue weighted by atomic mass is 10.2. The highest BCUT2D eigenvalue weighted by Crippen LogP contribution is 2.38. The number of fused-ring (bicyclic) bond motifs is 1. The first-order chi connectivity index (χ1) is 11.0. The van der Waals surface area contributed by atoms with Gasteiger partial charge < -0.3 is 9.64 Å². The summed E-state index contributed by atoms with van der Waals surface area (Å²) in [5, 5.41) is 4.23. The van der Waals surface area contributed by atoms with Gasteiger partial charge in [0.2, 0.25) is 5.88 Å². The lowest BCUT2D eigenvalue weighted by Gasteiger charge is -2.32. The molecule has 1 atom stereocenters. The molecule has 1 aromatic heterocycles. The molecule has 122 valence electrons. The van der Waals surface area contributed by atoms with Gasteiger partial charge in [0.1, 0.15) is 0 Å². The van der Waals surface area contributed by atoms with E-state index in [4.69, 9.17) is 0 Å². The maximum Gasteiger partial charge on any atom is 0.388 e. The van der Waals surface area contributed by atoms with Crippen LogP contribution in [0.1, 0.15) is 17.4 Å². The molecule has 1 aromatic carbocycles. The number of amides is 1.